The van der Waals surface area contributed by atoms with E-state index in [0.717, 1.165) is 18.5 Å². The minimum Gasteiger partial charge on any atom is -0.441 e. The van der Waals surface area contributed by atoms with Gasteiger partial charge in [-0.05, 0) is 37.1 Å². The lowest BCUT2D eigenvalue weighted by molar-refractivity contribution is 0.494. The first-order valence-corrected chi connectivity index (χ1v) is 8.90. The molecule has 112 valence electrons. The Balaban J connectivity index is 1.67. The molecule has 1 saturated carbocycles. The van der Waals surface area contributed by atoms with Crippen LogP contribution in [-0.2, 0) is 16.3 Å². The molecule has 0 aliphatic heterocycles. The maximum absolute atomic E-state index is 11.4. The third kappa shape index (κ3) is 3.71. The van der Waals surface area contributed by atoms with Gasteiger partial charge in [0.15, 0.2) is 21.5 Å². The van der Waals surface area contributed by atoms with Crippen molar-refractivity contribution < 1.29 is 12.8 Å². The fraction of sp³-hybridized carbons (Fsp3) is 0.400. The van der Waals surface area contributed by atoms with Crippen molar-refractivity contribution in [3.63, 3.8) is 0 Å². The minimum absolute atomic E-state index is 0.305. The Morgan fingerprint density at radius 3 is 2.62 bits per heavy atom. The predicted octanol–water partition coefficient (Wildman–Crippen LogP) is 2.04. The van der Waals surface area contributed by atoms with Gasteiger partial charge in [-0.2, -0.15) is 0 Å². The number of nitrogens with one attached hydrogen (secondary N) is 1. The first-order valence-electron chi connectivity index (χ1n) is 7.01. The van der Waals surface area contributed by atoms with Crippen LogP contribution in [0.25, 0.3) is 11.3 Å². The van der Waals surface area contributed by atoms with E-state index in [1.165, 1.54) is 19.1 Å². The summed E-state index contributed by atoms with van der Waals surface area (Å²) in [7, 11) is -3.17. The van der Waals surface area contributed by atoms with Gasteiger partial charge < -0.3 is 9.73 Å². The molecular formula is C15H18N2O3S. The van der Waals surface area contributed by atoms with Crippen molar-refractivity contribution in [2.75, 3.05) is 12.8 Å². The van der Waals surface area contributed by atoms with E-state index in [4.69, 9.17) is 4.42 Å². The van der Waals surface area contributed by atoms with Crippen molar-refractivity contribution in [2.24, 2.45) is 0 Å². The van der Waals surface area contributed by atoms with Gasteiger partial charge in [-0.1, -0.05) is 0 Å². The van der Waals surface area contributed by atoms with Crippen LogP contribution in [0, 0.1) is 0 Å². The number of oxazole rings is 1. The smallest absolute Gasteiger partial charge is 0.196 e. The average Bonchev–Trinajstić information content (AvgIpc) is 3.14. The first kappa shape index (κ1) is 14.3. The van der Waals surface area contributed by atoms with Crippen LogP contribution >= 0.6 is 0 Å². The van der Waals surface area contributed by atoms with Crippen molar-refractivity contribution in [2.45, 2.75) is 30.2 Å². The van der Waals surface area contributed by atoms with Gasteiger partial charge in [0.05, 0.1) is 11.1 Å². The predicted molar refractivity (Wildman–Crippen MR) is 79.8 cm³/mol. The van der Waals surface area contributed by atoms with Gasteiger partial charge >= 0.3 is 0 Å². The molecule has 6 heteroatoms. The Labute approximate surface area is 124 Å². The Morgan fingerprint density at radius 1 is 1.29 bits per heavy atom. The van der Waals surface area contributed by atoms with Crippen LogP contribution in [0.3, 0.4) is 0 Å². The zero-order chi connectivity index (χ0) is 14.9. The molecule has 5 nitrogen and oxygen atoms in total. The molecular weight excluding hydrogens is 288 g/mol. The number of hydrogen-bond acceptors (Lipinski definition) is 5. The highest BCUT2D eigenvalue weighted by molar-refractivity contribution is 7.90. The summed E-state index contributed by atoms with van der Waals surface area (Å²) >= 11 is 0. The molecule has 2 aromatic rings. The van der Waals surface area contributed by atoms with Gasteiger partial charge in [0.1, 0.15) is 0 Å². The molecule has 0 saturated heterocycles. The van der Waals surface area contributed by atoms with Crippen LogP contribution in [0.5, 0.6) is 0 Å². The maximum atomic E-state index is 11.4. The number of aromatic nitrogens is 1. The molecule has 3 rings (SSSR count). The van der Waals surface area contributed by atoms with E-state index in [0.29, 0.717) is 22.6 Å². The van der Waals surface area contributed by atoms with E-state index in [1.807, 2.05) is 0 Å². The van der Waals surface area contributed by atoms with E-state index >= 15 is 0 Å². The molecule has 1 fully saturated rings. The van der Waals surface area contributed by atoms with Gasteiger partial charge in [0, 0.05) is 30.8 Å². The van der Waals surface area contributed by atoms with Crippen molar-refractivity contribution >= 4 is 9.84 Å². The third-order valence-corrected chi connectivity index (χ3v) is 4.60. The lowest BCUT2D eigenvalue weighted by atomic mass is 10.2. The van der Waals surface area contributed by atoms with E-state index in [2.05, 4.69) is 10.3 Å². The summed E-state index contributed by atoms with van der Waals surface area (Å²) in [6.07, 6.45) is 6.17. The lowest BCUT2D eigenvalue weighted by Gasteiger charge is -2.00. The van der Waals surface area contributed by atoms with E-state index in [9.17, 15) is 8.42 Å². The summed E-state index contributed by atoms with van der Waals surface area (Å²) in [5, 5.41) is 3.41. The first-order chi connectivity index (χ1) is 10.0. The molecule has 0 amide bonds. The minimum atomic E-state index is -3.17. The largest absolute Gasteiger partial charge is 0.441 e. The molecule has 1 heterocycles. The van der Waals surface area contributed by atoms with Crippen molar-refractivity contribution in [3.8, 4) is 11.3 Å². The number of sulfone groups is 1. The fourth-order valence-corrected chi connectivity index (χ4v) is 2.73. The van der Waals surface area contributed by atoms with Crippen molar-refractivity contribution in [3.05, 3.63) is 36.4 Å². The van der Waals surface area contributed by atoms with E-state index in [1.54, 1.807) is 30.5 Å². The monoisotopic (exact) mass is 306 g/mol. The van der Waals surface area contributed by atoms with Gasteiger partial charge in [0.2, 0.25) is 0 Å². The summed E-state index contributed by atoms with van der Waals surface area (Å²) in [6.45, 7) is 0.873. The number of rotatable bonds is 6. The molecule has 0 unspecified atom stereocenters. The number of nitrogens with zero attached hydrogens (tertiary/aromatic N) is 1. The summed E-state index contributed by atoms with van der Waals surface area (Å²) < 4.78 is 28.5. The Hall–Kier alpha value is -1.66. The van der Waals surface area contributed by atoms with Gasteiger partial charge in [-0.25, -0.2) is 13.4 Å². The van der Waals surface area contributed by atoms with E-state index < -0.39 is 9.84 Å². The second kappa shape index (κ2) is 5.61. The Bertz CT molecular complexity index is 716. The van der Waals surface area contributed by atoms with Crippen molar-refractivity contribution in [1.29, 1.82) is 0 Å². The molecule has 1 N–H and O–H groups in total. The molecule has 0 atom stereocenters. The van der Waals surface area contributed by atoms with Gasteiger partial charge in [-0.15, -0.1) is 0 Å². The van der Waals surface area contributed by atoms with E-state index in [-0.39, 0.29) is 0 Å². The molecule has 1 aliphatic rings. The highest BCUT2D eigenvalue weighted by Crippen LogP contribution is 2.23. The second-order valence-corrected chi connectivity index (χ2v) is 7.41. The topological polar surface area (TPSA) is 72.2 Å². The normalized spacial score (nSPS) is 15.3. The average molecular weight is 306 g/mol. The standard InChI is InChI=1S/C15H18N2O3S/c1-21(18,19)13-6-2-11(3-7-13)14-10-17-15(20-14)8-9-16-12-4-5-12/h2-3,6-7,10,12,16H,4-5,8-9H2,1H3. The molecule has 21 heavy (non-hydrogen) atoms. The quantitative estimate of drug-likeness (QED) is 0.884. The highest BCUT2D eigenvalue weighted by atomic mass is 32.2. The van der Waals surface area contributed by atoms with Crippen LogP contribution in [0.2, 0.25) is 0 Å². The summed E-state index contributed by atoms with van der Waals surface area (Å²) in [5.41, 5.74) is 0.830. The molecule has 0 radical (unpaired) electrons. The maximum Gasteiger partial charge on any atom is 0.196 e. The van der Waals surface area contributed by atoms with Crippen molar-refractivity contribution in [1.82, 2.24) is 10.3 Å². The number of hydrogen-bond donors (Lipinski definition) is 1. The number of benzene rings is 1. The van der Waals surface area contributed by atoms with Crippen LogP contribution < -0.4 is 5.32 Å². The third-order valence-electron chi connectivity index (χ3n) is 3.47. The molecule has 0 spiro atoms. The van der Waals surface area contributed by atoms with Gasteiger partial charge in [-0.3, -0.25) is 0 Å². The molecule has 1 aromatic heterocycles. The zero-order valence-electron chi connectivity index (χ0n) is 11.9. The summed E-state index contributed by atoms with van der Waals surface area (Å²) in [4.78, 5) is 4.56. The molecule has 1 aliphatic carbocycles. The molecule has 0 bridgehead atoms. The summed E-state index contributed by atoms with van der Waals surface area (Å²) in [6, 6.07) is 7.33. The zero-order valence-corrected chi connectivity index (χ0v) is 12.7. The highest BCUT2D eigenvalue weighted by Gasteiger charge is 2.20. The molecule has 1 aromatic carbocycles. The lowest BCUT2D eigenvalue weighted by Crippen LogP contribution is -2.19. The van der Waals surface area contributed by atoms with Crippen LogP contribution in [-0.4, -0.2) is 32.2 Å². The fourth-order valence-electron chi connectivity index (χ4n) is 2.10. The Kier molecular flexibility index (Phi) is 3.82. The van der Waals surface area contributed by atoms with Gasteiger partial charge in [0.25, 0.3) is 0 Å². The van der Waals surface area contributed by atoms with Crippen LogP contribution in [0.15, 0.2) is 39.8 Å². The van der Waals surface area contributed by atoms with Crippen LogP contribution in [0.1, 0.15) is 18.7 Å². The summed E-state index contributed by atoms with van der Waals surface area (Å²) in [5.74, 6) is 1.36. The Morgan fingerprint density at radius 2 is 2.00 bits per heavy atom. The second-order valence-electron chi connectivity index (χ2n) is 5.39. The SMILES string of the molecule is CS(=O)(=O)c1ccc(-c2cnc(CCNC3CC3)o2)cc1. The van der Waals surface area contributed by atoms with Crippen LogP contribution in [0.4, 0.5) is 0 Å².